The lowest BCUT2D eigenvalue weighted by molar-refractivity contribution is -0.148. The Kier molecular flexibility index (Phi) is 4.73. The minimum Gasteiger partial charge on any atom is -0.480 e. The van der Waals surface area contributed by atoms with Gasteiger partial charge in [0.15, 0.2) is 0 Å². The highest BCUT2D eigenvalue weighted by Crippen LogP contribution is 2.32. The van der Waals surface area contributed by atoms with Gasteiger partial charge >= 0.3 is 5.97 Å². The van der Waals surface area contributed by atoms with E-state index in [2.05, 4.69) is 16.0 Å². The Morgan fingerprint density at radius 3 is 2.57 bits per heavy atom. The molecule has 1 aliphatic rings. The van der Waals surface area contributed by atoms with Crippen molar-refractivity contribution < 1.29 is 23.1 Å². The molecule has 1 aromatic rings. The van der Waals surface area contributed by atoms with E-state index in [4.69, 9.17) is 6.42 Å². The van der Waals surface area contributed by atoms with Crippen LogP contribution in [0.1, 0.15) is 29.6 Å². The molecule has 1 aliphatic carbocycles. The molecule has 1 aromatic carbocycles. The molecule has 0 heterocycles. The van der Waals surface area contributed by atoms with Gasteiger partial charge in [0.2, 0.25) is 10.0 Å². The summed E-state index contributed by atoms with van der Waals surface area (Å²) in [4.78, 5) is 23.4. The topological polar surface area (TPSA) is 113 Å². The molecular weight excluding hydrogens is 320 g/mol. The molecule has 0 unspecified atom stereocenters. The molecule has 7 nitrogen and oxygen atoms in total. The van der Waals surface area contributed by atoms with Crippen LogP contribution in [0.4, 0.5) is 0 Å². The number of hydrogen-bond acceptors (Lipinski definition) is 4. The van der Waals surface area contributed by atoms with Crippen molar-refractivity contribution in [1.29, 1.82) is 0 Å². The van der Waals surface area contributed by atoms with Crippen LogP contribution in [0.15, 0.2) is 29.2 Å². The average molecular weight is 336 g/mol. The highest BCUT2D eigenvalue weighted by atomic mass is 32.2. The predicted molar refractivity (Wildman–Crippen MR) is 82.1 cm³/mol. The third-order valence-corrected chi connectivity index (χ3v) is 5.14. The zero-order valence-corrected chi connectivity index (χ0v) is 13.0. The molecule has 122 valence electrons. The van der Waals surface area contributed by atoms with Crippen LogP contribution in [0.3, 0.4) is 0 Å². The van der Waals surface area contributed by atoms with Crippen molar-refractivity contribution >= 4 is 21.9 Å². The zero-order valence-electron chi connectivity index (χ0n) is 12.2. The molecule has 1 saturated carbocycles. The molecule has 0 atom stereocenters. The first-order chi connectivity index (χ1) is 10.8. The van der Waals surface area contributed by atoms with Crippen molar-refractivity contribution in [2.75, 3.05) is 6.54 Å². The van der Waals surface area contributed by atoms with Gasteiger partial charge in [-0.3, -0.25) is 4.79 Å². The fourth-order valence-electron chi connectivity index (χ4n) is 2.24. The Hall–Kier alpha value is -2.37. The molecule has 1 amide bonds. The summed E-state index contributed by atoms with van der Waals surface area (Å²) in [5.74, 6) is 0.444. The van der Waals surface area contributed by atoms with Gasteiger partial charge in [-0.05, 0) is 37.5 Å². The maximum Gasteiger partial charge on any atom is 0.329 e. The standard InChI is InChI=1S/C15H16N2O5S/c1-2-9-16-23(21,22)12-6-3-5-11(10-12)13(18)17-15(14(19)20)7-4-8-15/h1,3,5-6,10,16H,4,7-9H2,(H,17,18)(H,19,20). The summed E-state index contributed by atoms with van der Waals surface area (Å²) in [7, 11) is -3.82. The molecule has 0 aliphatic heterocycles. The van der Waals surface area contributed by atoms with Crippen LogP contribution in [0.2, 0.25) is 0 Å². The van der Waals surface area contributed by atoms with Crippen LogP contribution in [0.5, 0.6) is 0 Å². The first-order valence-electron chi connectivity index (χ1n) is 6.90. The summed E-state index contributed by atoms with van der Waals surface area (Å²) in [6.45, 7) is -0.166. The Bertz CT molecular complexity index is 775. The van der Waals surface area contributed by atoms with Gasteiger partial charge in [0.05, 0.1) is 11.4 Å². The lowest BCUT2D eigenvalue weighted by Crippen LogP contribution is -2.59. The minimum atomic E-state index is -3.82. The number of carboxylic acids is 1. The number of nitrogens with one attached hydrogen (secondary N) is 2. The normalized spacial score (nSPS) is 16.0. The van der Waals surface area contributed by atoms with Crippen molar-refractivity contribution in [1.82, 2.24) is 10.0 Å². The van der Waals surface area contributed by atoms with Crippen molar-refractivity contribution in [2.24, 2.45) is 0 Å². The maximum atomic E-state index is 12.2. The van der Waals surface area contributed by atoms with Crippen LogP contribution in [0.25, 0.3) is 0 Å². The van der Waals surface area contributed by atoms with Gasteiger partial charge in [0.25, 0.3) is 5.91 Å². The van der Waals surface area contributed by atoms with Gasteiger partial charge in [0, 0.05) is 5.56 Å². The quantitative estimate of drug-likeness (QED) is 0.648. The summed E-state index contributed by atoms with van der Waals surface area (Å²) in [6.07, 6.45) is 6.45. The minimum absolute atomic E-state index is 0.0705. The van der Waals surface area contributed by atoms with E-state index in [9.17, 15) is 23.1 Å². The van der Waals surface area contributed by atoms with Crippen LogP contribution in [-0.2, 0) is 14.8 Å². The number of sulfonamides is 1. The first kappa shape index (κ1) is 17.0. The molecule has 2 rings (SSSR count). The highest BCUT2D eigenvalue weighted by molar-refractivity contribution is 7.89. The van der Waals surface area contributed by atoms with E-state index in [1.807, 2.05) is 0 Å². The third-order valence-electron chi connectivity index (χ3n) is 3.74. The summed E-state index contributed by atoms with van der Waals surface area (Å²) in [5, 5.41) is 11.7. The monoisotopic (exact) mass is 336 g/mol. The van der Waals surface area contributed by atoms with Crippen molar-refractivity contribution in [3.05, 3.63) is 29.8 Å². The highest BCUT2D eigenvalue weighted by Gasteiger charge is 2.45. The van der Waals surface area contributed by atoms with Gasteiger partial charge in [0.1, 0.15) is 5.54 Å². The molecule has 1 fully saturated rings. The maximum absolute atomic E-state index is 12.2. The molecule has 23 heavy (non-hydrogen) atoms. The van der Waals surface area contributed by atoms with Gasteiger partial charge in [-0.2, -0.15) is 4.72 Å². The summed E-state index contributed by atoms with van der Waals surface area (Å²) in [6, 6.07) is 5.34. The second-order valence-corrected chi connectivity index (χ2v) is 7.02. The van der Waals surface area contributed by atoms with Gasteiger partial charge < -0.3 is 10.4 Å². The van der Waals surface area contributed by atoms with E-state index < -0.39 is 27.4 Å². The fraction of sp³-hybridized carbons (Fsp3) is 0.333. The second-order valence-electron chi connectivity index (χ2n) is 5.25. The second kappa shape index (κ2) is 6.40. The molecule has 0 bridgehead atoms. The number of terminal acetylenes is 1. The van der Waals surface area contributed by atoms with E-state index in [0.717, 1.165) is 6.42 Å². The van der Waals surface area contributed by atoms with Gasteiger partial charge in [-0.15, -0.1) is 6.42 Å². The van der Waals surface area contributed by atoms with Gasteiger partial charge in [-0.1, -0.05) is 12.0 Å². The van der Waals surface area contributed by atoms with E-state index in [1.165, 1.54) is 24.3 Å². The smallest absolute Gasteiger partial charge is 0.329 e. The molecule has 8 heteroatoms. The van der Waals surface area contributed by atoms with Crippen LogP contribution in [0, 0.1) is 12.3 Å². The van der Waals surface area contributed by atoms with E-state index in [1.54, 1.807) is 0 Å². The van der Waals surface area contributed by atoms with Crippen molar-refractivity contribution in [3.8, 4) is 12.3 Å². The van der Waals surface area contributed by atoms with Crippen LogP contribution in [-0.4, -0.2) is 37.5 Å². The lowest BCUT2D eigenvalue weighted by Gasteiger charge is -2.38. The SMILES string of the molecule is C#CCNS(=O)(=O)c1cccc(C(=O)NC2(C(=O)O)CCC2)c1. The number of carbonyl (C=O) groups is 2. The molecule has 3 N–H and O–H groups in total. The van der Waals surface area contributed by atoms with E-state index in [0.29, 0.717) is 12.8 Å². The zero-order chi connectivity index (χ0) is 17.1. The van der Waals surface area contributed by atoms with E-state index in [-0.39, 0.29) is 17.0 Å². The number of carboxylic acid groups (broad SMARTS) is 1. The summed E-state index contributed by atoms with van der Waals surface area (Å²) >= 11 is 0. The molecular formula is C15H16N2O5S. The Morgan fingerprint density at radius 2 is 2.04 bits per heavy atom. The molecule has 0 spiro atoms. The molecule has 0 saturated heterocycles. The Balaban J connectivity index is 2.21. The van der Waals surface area contributed by atoms with Crippen LogP contribution >= 0.6 is 0 Å². The van der Waals surface area contributed by atoms with E-state index >= 15 is 0 Å². The average Bonchev–Trinajstić information content (AvgIpc) is 2.48. The number of rotatable bonds is 6. The number of benzene rings is 1. The number of aliphatic carboxylic acids is 1. The Labute approximate surface area is 134 Å². The summed E-state index contributed by atoms with van der Waals surface area (Å²) in [5.41, 5.74) is -1.19. The number of hydrogen-bond donors (Lipinski definition) is 3. The molecule has 0 radical (unpaired) electrons. The predicted octanol–water partition coefficient (Wildman–Crippen LogP) is 0.335. The van der Waals surface area contributed by atoms with Crippen molar-refractivity contribution in [3.63, 3.8) is 0 Å². The number of carbonyl (C=O) groups excluding carboxylic acids is 1. The fourth-order valence-corrected chi connectivity index (χ4v) is 3.22. The van der Waals surface area contributed by atoms with Crippen molar-refractivity contribution in [2.45, 2.75) is 29.7 Å². The largest absolute Gasteiger partial charge is 0.480 e. The van der Waals surface area contributed by atoms with Gasteiger partial charge in [-0.25, -0.2) is 13.2 Å². The third kappa shape index (κ3) is 3.52. The summed E-state index contributed by atoms with van der Waals surface area (Å²) < 4.78 is 26.2. The Morgan fingerprint density at radius 1 is 1.35 bits per heavy atom. The number of amides is 1. The first-order valence-corrected chi connectivity index (χ1v) is 8.38. The van der Waals surface area contributed by atoms with Crippen LogP contribution < -0.4 is 10.0 Å². The molecule has 0 aromatic heterocycles. The lowest BCUT2D eigenvalue weighted by atomic mass is 9.76.